The zero-order valence-corrected chi connectivity index (χ0v) is 12.2. The number of nitrogens with zero attached hydrogens (tertiary/aromatic N) is 1. The first kappa shape index (κ1) is 14.2. The first-order chi connectivity index (χ1) is 9.04. The van der Waals surface area contributed by atoms with Crippen molar-refractivity contribution in [2.75, 3.05) is 18.1 Å². The molecule has 0 saturated heterocycles. The lowest BCUT2D eigenvalue weighted by atomic mass is 10.1. The van der Waals surface area contributed by atoms with Crippen LogP contribution in [0.5, 0.6) is 0 Å². The Balaban J connectivity index is 2.08. The minimum Gasteiger partial charge on any atom is -0.478 e. The van der Waals surface area contributed by atoms with Crippen LogP contribution in [0.15, 0.2) is 12.1 Å². The summed E-state index contributed by atoms with van der Waals surface area (Å²) in [4.78, 5) is 15.4. The van der Waals surface area contributed by atoms with E-state index in [2.05, 4.69) is 16.6 Å². The number of hydrogen-bond donors (Lipinski definition) is 2. The summed E-state index contributed by atoms with van der Waals surface area (Å²) in [6.07, 6.45) is 7.16. The van der Waals surface area contributed by atoms with Gasteiger partial charge >= 0.3 is 5.97 Å². The van der Waals surface area contributed by atoms with Crippen LogP contribution in [0.4, 0.5) is 5.82 Å². The van der Waals surface area contributed by atoms with Gasteiger partial charge in [0.25, 0.3) is 0 Å². The van der Waals surface area contributed by atoms with Crippen molar-refractivity contribution < 1.29 is 9.90 Å². The van der Waals surface area contributed by atoms with Crippen molar-refractivity contribution in [1.82, 2.24) is 4.98 Å². The highest BCUT2D eigenvalue weighted by molar-refractivity contribution is 8.00. The number of carbonyl (C=O) groups is 1. The highest BCUT2D eigenvalue weighted by Crippen LogP contribution is 2.40. The number of thioether (sulfide) groups is 1. The van der Waals surface area contributed by atoms with Crippen molar-refractivity contribution >= 4 is 23.5 Å². The van der Waals surface area contributed by atoms with Gasteiger partial charge in [-0.3, -0.25) is 0 Å². The number of aromatic carboxylic acids is 1. The SMILES string of the molecule is CSC1(CNc2cc(C(=O)O)cc(C)n2)CCCC1. The molecule has 0 aliphatic heterocycles. The highest BCUT2D eigenvalue weighted by Gasteiger charge is 2.32. The second-order valence-electron chi connectivity index (χ2n) is 5.14. The Labute approximate surface area is 118 Å². The van der Waals surface area contributed by atoms with Crippen molar-refractivity contribution in [3.05, 3.63) is 23.4 Å². The molecule has 0 bridgehead atoms. The van der Waals surface area contributed by atoms with Gasteiger partial charge in [0.15, 0.2) is 0 Å². The van der Waals surface area contributed by atoms with Crippen molar-refractivity contribution in [2.45, 2.75) is 37.4 Å². The van der Waals surface area contributed by atoms with Crippen LogP contribution in [0.3, 0.4) is 0 Å². The summed E-state index contributed by atoms with van der Waals surface area (Å²) in [5.41, 5.74) is 1.02. The van der Waals surface area contributed by atoms with Crippen LogP contribution in [-0.2, 0) is 0 Å². The van der Waals surface area contributed by atoms with E-state index >= 15 is 0 Å². The minimum atomic E-state index is -0.908. The van der Waals surface area contributed by atoms with Gasteiger partial charge in [-0.25, -0.2) is 9.78 Å². The lowest BCUT2D eigenvalue weighted by molar-refractivity contribution is 0.0696. The zero-order valence-electron chi connectivity index (χ0n) is 11.4. The number of anilines is 1. The van der Waals surface area contributed by atoms with E-state index in [-0.39, 0.29) is 4.75 Å². The highest BCUT2D eigenvalue weighted by atomic mass is 32.2. The molecule has 1 fully saturated rings. The number of aryl methyl sites for hydroxylation is 1. The molecule has 0 unspecified atom stereocenters. The average Bonchev–Trinajstić information content (AvgIpc) is 2.85. The monoisotopic (exact) mass is 280 g/mol. The normalized spacial score (nSPS) is 17.4. The van der Waals surface area contributed by atoms with Gasteiger partial charge in [-0.15, -0.1) is 0 Å². The average molecular weight is 280 g/mol. The van der Waals surface area contributed by atoms with E-state index in [0.717, 1.165) is 12.2 Å². The molecule has 1 aromatic rings. The Morgan fingerprint density at radius 1 is 1.47 bits per heavy atom. The van der Waals surface area contributed by atoms with Crippen LogP contribution in [0.25, 0.3) is 0 Å². The molecule has 1 aliphatic carbocycles. The summed E-state index contributed by atoms with van der Waals surface area (Å²) in [6.45, 7) is 2.67. The molecule has 1 aliphatic rings. The fourth-order valence-electron chi connectivity index (χ4n) is 2.61. The Bertz CT molecular complexity index is 471. The summed E-state index contributed by atoms with van der Waals surface area (Å²) in [6, 6.07) is 3.20. The van der Waals surface area contributed by atoms with E-state index in [1.54, 1.807) is 12.1 Å². The number of pyridine rings is 1. The fraction of sp³-hybridized carbons (Fsp3) is 0.571. The predicted octanol–water partition coefficient (Wildman–Crippen LogP) is 3.18. The third-order valence-electron chi connectivity index (χ3n) is 3.74. The minimum absolute atomic E-state index is 0.287. The van der Waals surface area contributed by atoms with E-state index in [1.807, 2.05) is 18.7 Å². The largest absolute Gasteiger partial charge is 0.478 e. The molecule has 1 aromatic heterocycles. The molecule has 2 rings (SSSR count). The topological polar surface area (TPSA) is 62.2 Å². The second-order valence-corrected chi connectivity index (χ2v) is 6.41. The molecule has 0 aromatic carbocycles. The van der Waals surface area contributed by atoms with Crippen LogP contribution >= 0.6 is 11.8 Å². The van der Waals surface area contributed by atoms with E-state index in [4.69, 9.17) is 5.11 Å². The Hall–Kier alpha value is -1.23. The molecule has 0 amide bonds. The van der Waals surface area contributed by atoms with E-state index in [1.165, 1.54) is 25.7 Å². The Morgan fingerprint density at radius 3 is 2.74 bits per heavy atom. The summed E-state index contributed by atoms with van der Waals surface area (Å²) in [7, 11) is 0. The zero-order chi connectivity index (χ0) is 13.9. The van der Waals surface area contributed by atoms with Gasteiger partial charge in [0.05, 0.1) is 5.56 Å². The molecule has 5 heteroatoms. The number of hydrogen-bond acceptors (Lipinski definition) is 4. The summed E-state index contributed by atoms with van der Waals surface area (Å²) in [5, 5.41) is 12.4. The standard InChI is InChI=1S/C14H20N2O2S/c1-10-7-11(13(17)18)8-12(16-10)15-9-14(19-2)5-3-4-6-14/h7-8H,3-6,9H2,1-2H3,(H,15,16)(H,17,18). The summed E-state index contributed by atoms with van der Waals surface area (Å²) >= 11 is 1.91. The van der Waals surface area contributed by atoms with E-state index < -0.39 is 5.97 Å². The quantitative estimate of drug-likeness (QED) is 0.867. The first-order valence-electron chi connectivity index (χ1n) is 6.56. The number of nitrogens with one attached hydrogen (secondary N) is 1. The third kappa shape index (κ3) is 3.41. The first-order valence-corrected chi connectivity index (χ1v) is 7.78. The van der Waals surface area contributed by atoms with E-state index in [0.29, 0.717) is 11.4 Å². The predicted molar refractivity (Wildman–Crippen MR) is 79.1 cm³/mol. The van der Waals surface area contributed by atoms with Crippen LogP contribution < -0.4 is 5.32 Å². The molecule has 1 heterocycles. The molecule has 1 saturated carbocycles. The Kier molecular flexibility index (Phi) is 4.34. The van der Waals surface area contributed by atoms with Gasteiger partial charge in [0.1, 0.15) is 5.82 Å². The smallest absolute Gasteiger partial charge is 0.335 e. The molecule has 4 nitrogen and oxygen atoms in total. The van der Waals surface area contributed by atoms with Crippen molar-refractivity contribution in [1.29, 1.82) is 0 Å². The molecule has 19 heavy (non-hydrogen) atoms. The molecular weight excluding hydrogens is 260 g/mol. The van der Waals surface area contributed by atoms with Crippen LogP contribution in [0.1, 0.15) is 41.7 Å². The van der Waals surface area contributed by atoms with Gasteiger partial charge in [-0.2, -0.15) is 11.8 Å². The number of carboxylic acids is 1. The Morgan fingerprint density at radius 2 is 2.16 bits per heavy atom. The van der Waals surface area contributed by atoms with Crippen molar-refractivity contribution in [3.63, 3.8) is 0 Å². The maximum atomic E-state index is 11.0. The lowest BCUT2D eigenvalue weighted by Gasteiger charge is -2.27. The maximum Gasteiger partial charge on any atom is 0.335 e. The number of aromatic nitrogens is 1. The number of carboxylic acid groups (broad SMARTS) is 1. The molecular formula is C14H20N2O2S. The van der Waals surface area contributed by atoms with Crippen molar-refractivity contribution in [2.24, 2.45) is 0 Å². The molecule has 104 valence electrons. The van der Waals surface area contributed by atoms with E-state index in [9.17, 15) is 4.79 Å². The van der Waals surface area contributed by atoms with Gasteiger partial charge in [0, 0.05) is 17.0 Å². The molecule has 0 radical (unpaired) electrons. The van der Waals surface area contributed by atoms with Crippen molar-refractivity contribution in [3.8, 4) is 0 Å². The van der Waals surface area contributed by atoms with Gasteiger partial charge in [0.2, 0.25) is 0 Å². The third-order valence-corrected chi connectivity index (χ3v) is 5.16. The van der Waals surface area contributed by atoms with Crippen LogP contribution in [0.2, 0.25) is 0 Å². The summed E-state index contributed by atoms with van der Waals surface area (Å²) < 4.78 is 0.287. The number of rotatable bonds is 5. The summed E-state index contributed by atoms with van der Waals surface area (Å²) in [5.74, 6) is -0.244. The molecule has 2 N–H and O–H groups in total. The lowest BCUT2D eigenvalue weighted by Crippen LogP contribution is -2.30. The second kappa shape index (κ2) is 5.82. The van der Waals surface area contributed by atoms with Crippen LogP contribution in [0, 0.1) is 6.92 Å². The van der Waals surface area contributed by atoms with Gasteiger partial charge < -0.3 is 10.4 Å². The van der Waals surface area contributed by atoms with Gasteiger partial charge in [-0.05, 0) is 38.2 Å². The molecule has 0 atom stereocenters. The fourth-order valence-corrected chi connectivity index (χ4v) is 3.52. The molecule has 0 spiro atoms. The van der Waals surface area contributed by atoms with Crippen LogP contribution in [-0.4, -0.2) is 33.6 Å². The maximum absolute atomic E-state index is 11.0. The van der Waals surface area contributed by atoms with Gasteiger partial charge in [-0.1, -0.05) is 12.8 Å².